The summed E-state index contributed by atoms with van der Waals surface area (Å²) in [7, 11) is 0. The molecule has 3 aromatic rings. The lowest BCUT2D eigenvalue weighted by atomic mass is 10.1. The number of carbonyl (C=O) groups is 2. The van der Waals surface area contributed by atoms with Gasteiger partial charge in [0.25, 0.3) is 5.91 Å². The smallest absolute Gasteiger partial charge is 0.251 e. The van der Waals surface area contributed by atoms with E-state index in [4.69, 9.17) is 34.8 Å². The Morgan fingerprint density at radius 3 is 2.41 bits per heavy atom. The van der Waals surface area contributed by atoms with E-state index in [0.717, 1.165) is 5.56 Å². The van der Waals surface area contributed by atoms with Gasteiger partial charge >= 0.3 is 0 Å². The summed E-state index contributed by atoms with van der Waals surface area (Å²) in [5.74, 6) is 0.0406. The van der Waals surface area contributed by atoms with Gasteiger partial charge in [0.05, 0.1) is 27.5 Å². The number of hydrogen-bond donors (Lipinski definition) is 2. The Morgan fingerprint density at radius 2 is 1.79 bits per heavy atom. The first-order chi connectivity index (χ1) is 16.2. The number of halogens is 3. The molecule has 2 N–H and O–H groups in total. The van der Waals surface area contributed by atoms with Gasteiger partial charge in [-0.3, -0.25) is 9.59 Å². The average Bonchev–Trinajstić information content (AvgIpc) is 3.18. The van der Waals surface area contributed by atoms with Gasteiger partial charge in [0.1, 0.15) is 0 Å². The predicted molar refractivity (Wildman–Crippen MR) is 138 cm³/mol. The van der Waals surface area contributed by atoms with Gasteiger partial charge in [-0.25, -0.2) is 0 Å². The molecule has 0 bridgehead atoms. The van der Waals surface area contributed by atoms with Crippen molar-refractivity contribution in [3.63, 3.8) is 0 Å². The molecule has 2 amide bonds. The normalized spacial score (nSPS) is 11.7. The molecule has 0 aliphatic heterocycles. The minimum atomic E-state index is -0.420. The first-order valence-corrected chi connectivity index (χ1v) is 12.3. The summed E-state index contributed by atoms with van der Waals surface area (Å²) in [4.78, 5) is 25.1. The van der Waals surface area contributed by atoms with E-state index in [1.165, 1.54) is 23.9 Å². The number of allylic oxidation sites excluding steroid dienone is 1. The molecule has 3 rings (SSSR count). The van der Waals surface area contributed by atoms with Crippen LogP contribution in [0.5, 0.6) is 0 Å². The van der Waals surface area contributed by atoms with Crippen molar-refractivity contribution in [2.24, 2.45) is 0 Å². The second-order valence-corrected chi connectivity index (χ2v) is 9.58. The minimum Gasteiger partial charge on any atom is -0.342 e. The second kappa shape index (κ2) is 11.8. The molecule has 0 fully saturated rings. The first kappa shape index (κ1) is 26.1. The van der Waals surface area contributed by atoms with Crippen LogP contribution in [0.4, 0.5) is 5.69 Å². The zero-order valence-electron chi connectivity index (χ0n) is 18.4. The number of benzene rings is 2. The minimum absolute atomic E-state index is 0.0364. The first-order valence-electron chi connectivity index (χ1n) is 10.2. The molecule has 0 radical (unpaired) electrons. The number of carbonyl (C=O) groups excluding carboxylic acids is 2. The van der Waals surface area contributed by atoms with Gasteiger partial charge in [-0.15, -0.1) is 16.8 Å². The van der Waals surface area contributed by atoms with Crippen molar-refractivity contribution in [1.29, 1.82) is 0 Å². The molecule has 1 aromatic heterocycles. The Bertz CT molecular complexity index is 1190. The lowest BCUT2D eigenvalue weighted by molar-refractivity contribution is -0.113. The molecule has 0 unspecified atom stereocenters. The number of nitrogens with zero attached hydrogens (tertiary/aromatic N) is 3. The maximum absolute atomic E-state index is 12.6. The standard InChI is InChI=1S/C23H22Cl3N5O2S/c1-4-9-31-21(14(3)27-22(33)15-7-5-13(2)6-8-15)29-30-23(31)34-12-19(32)28-20-17(25)10-16(24)11-18(20)26/h4-8,10-11,14H,1,9,12H2,2-3H3,(H,27,33)(H,28,32)/t14-/m0/s1. The Kier molecular flexibility index (Phi) is 9.02. The van der Waals surface area contributed by atoms with Crippen LogP contribution in [0.2, 0.25) is 15.1 Å². The fraction of sp³-hybridized carbons (Fsp3) is 0.217. The van der Waals surface area contributed by atoms with Crippen molar-refractivity contribution in [3.05, 3.63) is 81.1 Å². The van der Waals surface area contributed by atoms with E-state index < -0.39 is 6.04 Å². The van der Waals surface area contributed by atoms with Crippen LogP contribution >= 0.6 is 46.6 Å². The van der Waals surface area contributed by atoms with Crippen molar-refractivity contribution in [3.8, 4) is 0 Å². The summed E-state index contributed by atoms with van der Waals surface area (Å²) in [5.41, 5.74) is 1.92. The third-order valence-corrected chi connectivity index (χ3v) is 6.49. The zero-order chi connectivity index (χ0) is 24.8. The van der Waals surface area contributed by atoms with Gasteiger partial charge < -0.3 is 15.2 Å². The largest absolute Gasteiger partial charge is 0.342 e. The number of aryl methyl sites for hydroxylation is 1. The SMILES string of the molecule is C=CCn1c(SCC(=O)Nc2c(Cl)cc(Cl)cc2Cl)nnc1[C@H](C)NC(=O)c1ccc(C)cc1. The molecule has 34 heavy (non-hydrogen) atoms. The topological polar surface area (TPSA) is 88.9 Å². The lowest BCUT2D eigenvalue weighted by Gasteiger charge is -2.15. The van der Waals surface area contributed by atoms with E-state index in [9.17, 15) is 9.59 Å². The van der Waals surface area contributed by atoms with Crippen molar-refractivity contribution >= 4 is 64.1 Å². The maximum atomic E-state index is 12.6. The molecular weight excluding hydrogens is 517 g/mol. The summed E-state index contributed by atoms with van der Waals surface area (Å²) < 4.78 is 1.80. The predicted octanol–water partition coefficient (Wildman–Crippen LogP) is 5.95. The van der Waals surface area contributed by atoms with E-state index >= 15 is 0 Å². The molecular formula is C23H22Cl3N5O2S. The van der Waals surface area contributed by atoms with Gasteiger partial charge in [-0.05, 0) is 38.1 Å². The van der Waals surface area contributed by atoms with Crippen LogP contribution in [-0.2, 0) is 11.3 Å². The number of hydrogen-bond acceptors (Lipinski definition) is 5. The van der Waals surface area contributed by atoms with Crippen LogP contribution in [0.15, 0.2) is 54.2 Å². The number of rotatable bonds is 9. The van der Waals surface area contributed by atoms with E-state index in [1.54, 1.807) is 22.8 Å². The molecule has 0 aliphatic carbocycles. The Morgan fingerprint density at radius 1 is 1.15 bits per heavy atom. The zero-order valence-corrected chi connectivity index (χ0v) is 21.5. The van der Waals surface area contributed by atoms with Gasteiger partial charge in [0, 0.05) is 17.1 Å². The summed E-state index contributed by atoms with van der Waals surface area (Å²) in [6.45, 7) is 7.97. The average molecular weight is 539 g/mol. The lowest BCUT2D eigenvalue weighted by Crippen LogP contribution is -2.28. The molecule has 0 saturated carbocycles. The molecule has 1 heterocycles. The van der Waals surface area contributed by atoms with Crippen LogP contribution < -0.4 is 10.6 Å². The maximum Gasteiger partial charge on any atom is 0.251 e. The highest BCUT2D eigenvalue weighted by atomic mass is 35.5. The monoisotopic (exact) mass is 537 g/mol. The molecule has 2 aromatic carbocycles. The summed E-state index contributed by atoms with van der Waals surface area (Å²) in [6.07, 6.45) is 1.69. The summed E-state index contributed by atoms with van der Waals surface area (Å²) >= 11 is 19.4. The van der Waals surface area contributed by atoms with Crippen molar-refractivity contribution in [2.45, 2.75) is 31.6 Å². The summed E-state index contributed by atoms with van der Waals surface area (Å²) in [5, 5.41) is 15.4. The van der Waals surface area contributed by atoms with Crippen molar-refractivity contribution < 1.29 is 9.59 Å². The molecule has 7 nitrogen and oxygen atoms in total. The van der Waals surface area contributed by atoms with E-state index in [-0.39, 0.29) is 27.6 Å². The van der Waals surface area contributed by atoms with E-state index in [1.807, 2.05) is 26.0 Å². The Hall–Kier alpha value is -2.52. The van der Waals surface area contributed by atoms with Crippen LogP contribution in [0, 0.1) is 6.92 Å². The van der Waals surface area contributed by atoms with Crippen molar-refractivity contribution in [2.75, 3.05) is 11.1 Å². The Labute approximate surface area is 216 Å². The molecule has 178 valence electrons. The third kappa shape index (κ3) is 6.54. The van der Waals surface area contributed by atoms with Gasteiger partial charge in [0.15, 0.2) is 11.0 Å². The van der Waals surface area contributed by atoms with Crippen LogP contribution in [0.3, 0.4) is 0 Å². The third-order valence-electron chi connectivity index (χ3n) is 4.71. The molecule has 11 heteroatoms. The van der Waals surface area contributed by atoms with Gasteiger partial charge in [-0.1, -0.05) is 70.3 Å². The highest BCUT2D eigenvalue weighted by molar-refractivity contribution is 7.99. The van der Waals surface area contributed by atoms with Gasteiger partial charge in [-0.2, -0.15) is 0 Å². The van der Waals surface area contributed by atoms with E-state index in [2.05, 4.69) is 27.4 Å². The molecule has 0 spiro atoms. The number of thioether (sulfide) groups is 1. The molecule has 0 saturated heterocycles. The Balaban J connectivity index is 1.68. The fourth-order valence-corrected chi connectivity index (χ4v) is 4.71. The van der Waals surface area contributed by atoms with Crippen LogP contribution in [0.1, 0.15) is 34.7 Å². The van der Waals surface area contributed by atoms with E-state index in [0.29, 0.717) is 33.8 Å². The number of amides is 2. The molecule has 1 atom stereocenters. The van der Waals surface area contributed by atoms with Crippen molar-refractivity contribution in [1.82, 2.24) is 20.1 Å². The summed E-state index contributed by atoms with van der Waals surface area (Å²) in [6, 6.07) is 9.87. The second-order valence-electron chi connectivity index (χ2n) is 7.38. The quantitative estimate of drug-likeness (QED) is 0.259. The highest BCUT2D eigenvalue weighted by Crippen LogP contribution is 2.34. The molecule has 0 aliphatic rings. The van der Waals surface area contributed by atoms with Crippen LogP contribution in [0.25, 0.3) is 0 Å². The van der Waals surface area contributed by atoms with Crippen LogP contribution in [-0.4, -0.2) is 32.3 Å². The number of anilines is 1. The fourth-order valence-electron chi connectivity index (χ4n) is 3.04. The number of aromatic nitrogens is 3. The van der Waals surface area contributed by atoms with Gasteiger partial charge in [0.2, 0.25) is 5.91 Å². The number of nitrogens with one attached hydrogen (secondary N) is 2. The highest BCUT2D eigenvalue weighted by Gasteiger charge is 2.21.